The average molecular weight is 151 g/mol. The summed E-state index contributed by atoms with van der Waals surface area (Å²) in [6, 6.07) is 0. The number of nitrogens with two attached hydrogens (primary N) is 1. The Balaban J connectivity index is 4.19. The first-order valence-corrected chi connectivity index (χ1v) is 3.97. The molecular formula is C10H17N. The third-order valence-electron chi connectivity index (χ3n) is 1.50. The second-order valence-corrected chi connectivity index (χ2v) is 2.36. The Bertz CT molecular complexity index is 175. The Hall–Kier alpha value is -0.820. The molecule has 0 aliphatic heterocycles. The third kappa shape index (κ3) is 3.79. The Morgan fingerprint density at radius 3 is 2.55 bits per heavy atom. The Labute approximate surface area is 69.3 Å². The SMILES string of the molecule is C=C(CN)C(/C=C\CC)=C/C. The van der Waals surface area contributed by atoms with E-state index in [4.69, 9.17) is 5.73 Å². The highest BCUT2D eigenvalue weighted by atomic mass is 14.5. The summed E-state index contributed by atoms with van der Waals surface area (Å²) in [5.41, 5.74) is 7.59. The number of rotatable bonds is 4. The van der Waals surface area contributed by atoms with Gasteiger partial charge in [-0.1, -0.05) is 31.7 Å². The van der Waals surface area contributed by atoms with Crippen LogP contribution in [0.3, 0.4) is 0 Å². The molecule has 0 aromatic carbocycles. The van der Waals surface area contributed by atoms with Gasteiger partial charge in [-0.2, -0.15) is 0 Å². The predicted octanol–water partition coefficient (Wildman–Crippen LogP) is 2.41. The van der Waals surface area contributed by atoms with Crippen LogP contribution in [0.2, 0.25) is 0 Å². The lowest BCUT2D eigenvalue weighted by Crippen LogP contribution is -2.02. The summed E-state index contributed by atoms with van der Waals surface area (Å²) < 4.78 is 0. The minimum Gasteiger partial charge on any atom is -0.326 e. The first-order valence-electron chi connectivity index (χ1n) is 3.97. The van der Waals surface area contributed by atoms with Gasteiger partial charge in [0.25, 0.3) is 0 Å². The van der Waals surface area contributed by atoms with E-state index in [0.29, 0.717) is 6.54 Å². The highest BCUT2D eigenvalue weighted by Gasteiger charge is 1.92. The fourth-order valence-electron chi connectivity index (χ4n) is 0.781. The number of hydrogen-bond donors (Lipinski definition) is 1. The molecule has 0 bridgehead atoms. The first-order chi connectivity index (χ1) is 5.26. The molecule has 2 N–H and O–H groups in total. The molecule has 0 spiro atoms. The number of allylic oxidation sites excluding steroid dienone is 3. The van der Waals surface area contributed by atoms with Gasteiger partial charge in [-0.15, -0.1) is 0 Å². The second-order valence-electron chi connectivity index (χ2n) is 2.36. The van der Waals surface area contributed by atoms with E-state index >= 15 is 0 Å². The monoisotopic (exact) mass is 151 g/mol. The lowest BCUT2D eigenvalue weighted by molar-refractivity contribution is 1.16. The molecule has 1 heteroatoms. The maximum absolute atomic E-state index is 5.45. The van der Waals surface area contributed by atoms with Crippen LogP contribution in [-0.4, -0.2) is 6.54 Å². The van der Waals surface area contributed by atoms with E-state index in [9.17, 15) is 0 Å². The summed E-state index contributed by atoms with van der Waals surface area (Å²) in [6.45, 7) is 8.49. The average Bonchev–Trinajstić information content (AvgIpc) is 2.05. The molecule has 0 aromatic rings. The van der Waals surface area contributed by atoms with E-state index in [2.05, 4.69) is 25.7 Å². The minimum absolute atomic E-state index is 0.535. The highest BCUT2D eigenvalue weighted by Crippen LogP contribution is 2.07. The molecule has 0 saturated carbocycles. The summed E-state index contributed by atoms with van der Waals surface area (Å²) in [6.07, 6.45) is 7.25. The van der Waals surface area contributed by atoms with Crippen LogP contribution in [0.1, 0.15) is 20.3 Å². The van der Waals surface area contributed by atoms with E-state index < -0.39 is 0 Å². The largest absolute Gasteiger partial charge is 0.326 e. The molecule has 0 amide bonds. The Morgan fingerprint density at radius 1 is 1.55 bits per heavy atom. The normalized spacial score (nSPS) is 12.5. The van der Waals surface area contributed by atoms with Crippen LogP contribution in [0.4, 0.5) is 0 Å². The zero-order valence-electron chi connectivity index (χ0n) is 7.43. The third-order valence-corrected chi connectivity index (χ3v) is 1.50. The predicted molar refractivity (Wildman–Crippen MR) is 51.4 cm³/mol. The van der Waals surface area contributed by atoms with Crippen molar-refractivity contribution in [3.8, 4) is 0 Å². The molecule has 0 saturated heterocycles. The Morgan fingerprint density at radius 2 is 2.18 bits per heavy atom. The van der Waals surface area contributed by atoms with Crippen molar-refractivity contribution in [3.63, 3.8) is 0 Å². The van der Waals surface area contributed by atoms with Gasteiger partial charge in [0, 0.05) is 6.54 Å². The molecule has 0 aliphatic rings. The van der Waals surface area contributed by atoms with Crippen LogP contribution in [-0.2, 0) is 0 Å². The van der Waals surface area contributed by atoms with E-state index in [0.717, 1.165) is 17.6 Å². The fourth-order valence-corrected chi connectivity index (χ4v) is 0.781. The summed E-state index contributed by atoms with van der Waals surface area (Å²) in [5.74, 6) is 0. The maximum atomic E-state index is 5.45. The summed E-state index contributed by atoms with van der Waals surface area (Å²) in [4.78, 5) is 0. The zero-order chi connectivity index (χ0) is 8.69. The Kier molecular flexibility index (Phi) is 5.49. The lowest BCUT2D eigenvalue weighted by Gasteiger charge is -2.01. The smallest absolute Gasteiger partial charge is 0.0178 e. The van der Waals surface area contributed by atoms with Crippen LogP contribution < -0.4 is 5.73 Å². The summed E-state index contributed by atoms with van der Waals surface area (Å²) in [7, 11) is 0. The van der Waals surface area contributed by atoms with Crippen LogP contribution in [0.15, 0.2) is 36.0 Å². The highest BCUT2D eigenvalue weighted by molar-refractivity contribution is 5.38. The van der Waals surface area contributed by atoms with Gasteiger partial charge in [0.15, 0.2) is 0 Å². The van der Waals surface area contributed by atoms with Crippen molar-refractivity contribution in [3.05, 3.63) is 36.0 Å². The zero-order valence-corrected chi connectivity index (χ0v) is 7.43. The van der Waals surface area contributed by atoms with Gasteiger partial charge in [-0.3, -0.25) is 0 Å². The van der Waals surface area contributed by atoms with E-state index in [1.54, 1.807) is 0 Å². The van der Waals surface area contributed by atoms with Crippen molar-refractivity contribution in [1.82, 2.24) is 0 Å². The van der Waals surface area contributed by atoms with Gasteiger partial charge < -0.3 is 5.73 Å². The molecule has 0 rings (SSSR count). The van der Waals surface area contributed by atoms with Gasteiger partial charge >= 0.3 is 0 Å². The molecule has 0 unspecified atom stereocenters. The van der Waals surface area contributed by atoms with E-state index in [1.165, 1.54) is 0 Å². The quantitative estimate of drug-likeness (QED) is 0.613. The minimum atomic E-state index is 0.535. The van der Waals surface area contributed by atoms with Gasteiger partial charge in [-0.05, 0) is 24.5 Å². The molecule has 0 heterocycles. The van der Waals surface area contributed by atoms with Gasteiger partial charge in [0.2, 0.25) is 0 Å². The van der Waals surface area contributed by atoms with Crippen molar-refractivity contribution >= 4 is 0 Å². The van der Waals surface area contributed by atoms with E-state index in [1.807, 2.05) is 13.0 Å². The summed E-state index contributed by atoms with van der Waals surface area (Å²) >= 11 is 0. The van der Waals surface area contributed by atoms with Crippen LogP contribution >= 0.6 is 0 Å². The molecule has 0 radical (unpaired) electrons. The molecule has 0 aromatic heterocycles. The van der Waals surface area contributed by atoms with Crippen molar-refractivity contribution in [2.45, 2.75) is 20.3 Å². The topological polar surface area (TPSA) is 26.0 Å². The number of hydrogen-bond acceptors (Lipinski definition) is 1. The molecular weight excluding hydrogens is 134 g/mol. The van der Waals surface area contributed by atoms with Crippen LogP contribution in [0.5, 0.6) is 0 Å². The van der Waals surface area contributed by atoms with Gasteiger partial charge in [0.1, 0.15) is 0 Å². The fraction of sp³-hybridized carbons (Fsp3) is 0.400. The molecule has 0 fully saturated rings. The van der Waals surface area contributed by atoms with Crippen molar-refractivity contribution in [2.24, 2.45) is 5.73 Å². The van der Waals surface area contributed by atoms with Gasteiger partial charge in [-0.25, -0.2) is 0 Å². The van der Waals surface area contributed by atoms with E-state index in [-0.39, 0.29) is 0 Å². The van der Waals surface area contributed by atoms with Crippen LogP contribution in [0, 0.1) is 0 Å². The second kappa shape index (κ2) is 5.93. The summed E-state index contributed by atoms with van der Waals surface area (Å²) in [5, 5.41) is 0. The molecule has 0 aliphatic carbocycles. The first kappa shape index (κ1) is 10.2. The van der Waals surface area contributed by atoms with Crippen molar-refractivity contribution in [1.29, 1.82) is 0 Å². The van der Waals surface area contributed by atoms with Crippen LogP contribution in [0.25, 0.3) is 0 Å². The van der Waals surface area contributed by atoms with Crippen molar-refractivity contribution in [2.75, 3.05) is 6.54 Å². The lowest BCUT2D eigenvalue weighted by atomic mass is 10.1. The standard InChI is InChI=1S/C10H17N/c1-4-6-7-10(5-2)9(3)8-11/h5-7H,3-4,8,11H2,1-2H3/b7-6-,10-5+. The molecule has 11 heavy (non-hydrogen) atoms. The molecule has 0 atom stereocenters. The molecule has 62 valence electrons. The van der Waals surface area contributed by atoms with Gasteiger partial charge in [0.05, 0.1) is 0 Å². The maximum Gasteiger partial charge on any atom is 0.0178 e. The van der Waals surface area contributed by atoms with Crippen molar-refractivity contribution < 1.29 is 0 Å². The molecule has 1 nitrogen and oxygen atoms in total.